The maximum absolute atomic E-state index is 13.4. The summed E-state index contributed by atoms with van der Waals surface area (Å²) >= 11 is 0. The van der Waals surface area contributed by atoms with Crippen LogP contribution in [-0.2, 0) is 33.2 Å². The number of ether oxygens (including phenoxy) is 6. The van der Waals surface area contributed by atoms with Crippen LogP contribution in [0.1, 0.15) is 206 Å². The summed E-state index contributed by atoms with van der Waals surface area (Å²) in [7, 11) is 0. The molecule has 0 bridgehead atoms. The number of carbonyl (C=O) groups excluding carboxylic acids is 1. The highest BCUT2D eigenvalue weighted by molar-refractivity contribution is 5.76. The number of aliphatic hydroxyl groups excluding tert-OH is 11. The van der Waals surface area contributed by atoms with Crippen LogP contribution in [0.2, 0.25) is 0 Å². The van der Waals surface area contributed by atoms with Crippen molar-refractivity contribution in [3.8, 4) is 0 Å². The molecule has 3 aliphatic rings. The average Bonchev–Trinajstić information content (AvgIpc) is 0.792. The molecule has 0 aromatic carbocycles. The topological polar surface area (TPSA) is 307 Å². The van der Waals surface area contributed by atoms with Gasteiger partial charge in [0.05, 0.1) is 38.6 Å². The number of carbonyl (C=O) groups is 1. The lowest BCUT2D eigenvalue weighted by Gasteiger charge is -2.48. The Bertz CT molecular complexity index is 2490. The first-order valence-electron chi connectivity index (χ1n) is 37.9. The molecule has 0 saturated carbocycles. The quantitative estimate of drug-likeness (QED) is 0.0199. The molecule has 572 valence electrons. The SMILES string of the molecule is CC/C=C\C/C=C\C/C=C\C/C=C\C/C=C\C/C=C\C/C=C\C/C=C\C/C=C\C/C=C\C/C=C\C/C=C\CCCCC(=O)NC(COC1OC(CO)C(OC2OC(CO)C(OC3OC(CO)C(O)C(O)C3O)C(O)C2O)C(O)C1O)C(O)/C=C/CC/C=C/CCCCCCCCCCCCC. The molecule has 0 radical (unpaired) electrons. The molecule has 0 spiro atoms. The van der Waals surface area contributed by atoms with E-state index in [1.165, 1.54) is 64.2 Å². The number of rotatable bonds is 56. The van der Waals surface area contributed by atoms with Crippen LogP contribution in [0.25, 0.3) is 0 Å². The smallest absolute Gasteiger partial charge is 0.220 e. The number of unbranched alkanes of at least 4 members (excludes halogenated alkanes) is 14. The molecule has 0 aromatic rings. The summed E-state index contributed by atoms with van der Waals surface area (Å²) in [5.74, 6) is -0.335. The van der Waals surface area contributed by atoms with Gasteiger partial charge in [0.15, 0.2) is 18.9 Å². The van der Waals surface area contributed by atoms with E-state index in [0.29, 0.717) is 12.8 Å². The van der Waals surface area contributed by atoms with E-state index in [2.05, 4.69) is 177 Å². The molecule has 3 rings (SSSR count). The van der Waals surface area contributed by atoms with Crippen molar-refractivity contribution < 1.29 is 89.4 Å². The molecule has 17 atom stereocenters. The summed E-state index contributed by atoms with van der Waals surface area (Å²) in [5.41, 5.74) is 0. The molecular formula is C82H131NO18. The van der Waals surface area contributed by atoms with E-state index < -0.39 is 131 Å². The Balaban J connectivity index is 1.40. The summed E-state index contributed by atoms with van der Waals surface area (Å²) in [6.45, 7) is 1.54. The number of amides is 1. The molecule has 12 N–H and O–H groups in total. The van der Waals surface area contributed by atoms with Crippen LogP contribution >= 0.6 is 0 Å². The van der Waals surface area contributed by atoms with E-state index in [0.717, 1.165) is 109 Å². The lowest BCUT2D eigenvalue weighted by Crippen LogP contribution is -2.66. The minimum absolute atomic E-state index is 0.168. The largest absolute Gasteiger partial charge is 0.394 e. The van der Waals surface area contributed by atoms with Crippen molar-refractivity contribution in [3.63, 3.8) is 0 Å². The minimum atomic E-state index is -1.99. The third-order valence-corrected chi connectivity index (χ3v) is 17.5. The van der Waals surface area contributed by atoms with Crippen molar-refractivity contribution in [2.45, 2.75) is 311 Å². The Morgan fingerprint density at radius 1 is 0.366 bits per heavy atom. The first-order valence-corrected chi connectivity index (χ1v) is 37.9. The van der Waals surface area contributed by atoms with E-state index in [1.807, 2.05) is 6.08 Å². The Morgan fingerprint density at radius 3 is 1.11 bits per heavy atom. The van der Waals surface area contributed by atoms with Gasteiger partial charge in [0.25, 0.3) is 0 Å². The number of hydrogen-bond donors (Lipinski definition) is 12. The van der Waals surface area contributed by atoms with Gasteiger partial charge in [-0.1, -0.05) is 248 Å². The van der Waals surface area contributed by atoms with E-state index in [-0.39, 0.29) is 12.3 Å². The van der Waals surface area contributed by atoms with Crippen LogP contribution in [-0.4, -0.2) is 193 Å². The van der Waals surface area contributed by atoms with Crippen LogP contribution in [0.5, 0.6) is 0 Å². The van der Waals surface area contributed by atoms with Gasteiger partial charge in [-0.3, -0.25) is 4.79 Å². The standard InChI is InChI=1S/C82H131NO18/c1-3-5-7-9-11-13-15-17-19-21-22-23-24-25-26-27-28-29-30-31-32-33-34-35-36-37-38-39-40-41-42-44-46-48-50-52-54-56-58-60-70(88)83-65(66(87)59-57-55-53-51-49-47-45-43-20-18-16-14-12-10-8-6-4-2)64-96-80-76(94)73(91)78(68(62-85)98-80)101-82-77(95)74(92)79(69(63-86)99-82)100-81-75(93)72(90)71(89)67(61-84)97-81/h5,7,11,13,17,19,22-23,25-26,28-29,31-32,34-35,37-38,40-41,44,46,49-52,57,59,65-69,71-82,84-87,89-95H,3-4,6,8-10,12,14-16,18,20-21,24,27,30,33,36,39,42-43,45,47-48,53-56,58,60-64H2,1-2H3,(H,83,88)/b7-5-,13-11-,19-17-,23-22-,26-25-,29-28-,32-31-,35-34-,38-37-,41-40-,46-44-,51-49+,52-50-,59-57+. The van der Waals surface area contributed by atoms with Gasteiger partial charge in [-0.25, -0.2) is 0 Å². The molecule has 19 heteroatoms. The van der Waals surface area contributed by atoms with E-state index >= 15 is 0 Å². The monoisotopic (exact) mass is 1420 g/mol. The van der Waals surface area contributed by atoms with Gasteiger partial charge >= 0.3 is 0 Å². The maximum atomic E-state index is 13.4. The minimum Gasteiger partial charge on any atom is -0.394 e. The summed E-state index contributed by atoms with van der Waals surface area (Å²) in [6, 6.07) is -1.03. The molecule has 3 fully saturated rings. The molecule has 3 heterocycles. The predicted molar refractivity (Wildman–Crippen MR) is 401 cm³/mol. The van der Waals surface area contributed by atoms with Crippen molar-refractivity contribution in [1.29, 1.82) is 0 Å². The van der Waals surface area contributed by atoms with Crippen molar-refractivity contribution in [2.75, 3.05) is 26.4 Å². The highest BCUT2D eigenvalue weighted by Crippen LogP contribution is 2.33. The van der Waals surface area contributed by atoms with Gasteiger partial charge in [0, 0.05) is 6.42 Å². The third-order valence-electron chi connectivity index (χ3n) is 17.5. The van der Waals surface area contributed by atoms with Gasteiger partial charge in [0.2, 0.25) is 5.91 Å². The second-order valence-corrected chi connectivity index (χ2v) is 26.0. The van der Waals surface area contributed by atoms with E-state index in [1.54, 1.807) is 6.08 Å². The average molecular weight is 1420 g/mol. The van der Waals surface area contributed by atoms with Crippen LogP contribution < -0.4 is 5.32 Å². The highest BCUT2D eigenvalue weighted by atomic mass is 16.8. The van der Waals surface area contributed by atoms with Crippen molar-refractivity contribution in [1.82, 2.24) is 5.32 Å². The second kappa shape index (κ2) is 60.4. The van der Waals surface area contributed by atoms with Crippen LogP contribution in [0.4, 0.5) is 0 Å². The first-order chi connectivity index (χ1) is 49.3. The lowest BCUT2D eigenvalue weighted by atomic mass is 9.96. The van der Waals surface area contributed by atoms with Gasteiger partial charge in [0.1, 0.15) is 73.2 Å². The Morgan fingerprint density at radius 2 is 0.693 bits per heavy atom. The normalized spacial score (nSPS) is 27.3. The Kier molecular flexibility index (Phi) is 54.1. The fourth-order valence-electron chi connectivity index (χ4n) is 11.4. The Hall–Kier alpha value is -4.85. The van der Waals surface area contributed by atoms with Gasteiger partial charge in [-0.15, -0.1) is 0 Å². The summed E-state index contributed by atoms with van der Waals surface area (Å²) in [5, 5.41) is 121. The molecule has 0 aromatic heterocycles. The van der Waals surface area contributed by atoms with Crippen LogP contribution in [0, 0.1) is 0 Å². The predicted octanol–water partition coefficient (Wildman–Crippen LogP) is 11.8. The van der Waals surface area contributed by atoms with Gasteiger partial charge < -0.3 is 89.9 Å². The van der Waals surface area contributed by atoms with Crippen molar-refractivity contribution in [3.05, 3.63) is 170 Å². The van der Waals surface area contributed by atoms with Crippen molar-refractivity contribution in [2.24, 2.45) is 0 Å². The van der Waals surface area contributed by atoms with E-state index in [4.69, 9.17) is 28.4 Å². The fourth-order valence-corrected chi connectivity index (χ4v) is 11.4. The zero-order valence-corrected chi connectivity index (χ0v) is 60.8. The summed E-state index contributed by atoms with van der Waals surface area (Å²) in [4.78, 5) is 13.4. The number of hydrogen-bond acceptors (Lipinski definition) is 18. The molecular weight excluding hydrogens is 1290 g/mol. The zero-order valence-electron chi connectivity index (χ0n) is 60.8. The van der Waals surface area contributed by atoms with Gasteiger partial charge in [-0.05, 0) is 122 Å². The van der Waals surface area contributed by atoms with E-state index in [9.17, 15) is 61.0 Å². The van der Waals surface area contributed by atoms with Crippen LogP contribution in [0.15, 0.2) is 170 Å². The van der Waals surface area contributed by atoms with Crippen LogP contribution in [0.3, 0.4) is 0 Å². The molecule has 1 amide bonds. The third kappa shape index (κ3) is 40.9. The molecule has 3 aliphatic heterocycles. The molecule has 0 aliphatic carbocycles. The summed E-state index contributed by atoms with van der Waals surface area (Å²) in [6.07, 6.45) is 63.4. The van der Waals surface area contributed by atoms with Gasteiger partial charge in [-0.2, -0.15) is 0 Å². The number of nitrogens with one attached hydrogen (secondary N) is 1. The summed E-state index contributed by atoms with van der Waals surface area (Å²) < 4.78 is 34.3. The second-order valence-electron chi connectivity index (χ2n) is 26.0. The molecule has 101 heavy (non-hydrogen) atoms. The molecule has 3 saturated heterocycles. The molecule has 17 unspecified atom stereocenters. The highest BCUT2D eigenvalue weighted by Gasteiger charge is 2.53. The Labute approximate surface area is 605 Å². The van der Waals surface area contributed by atoms with Crippen molar-refractivity contribution >= 4 is 5.91 Å². The fraction of sp³-hybridized carbons (Fsp3) is 0.646. The maximum Gasteiger partial charge on any atom is 0.220 e. The lowest BCUT2D eigenvalue weighted by molar-refractivity contribution is -0.379. The molecule has 19 nitrogen and oxygen atoms in total. The number of allylic oxidation sites excluding steroid dienone is 27. The number of aliphatic hydroxyl groups is 11. The first kappa shape index (κ1) is 90.4. The zero-order chi connectivity index (χ0) is 73.2.